The molecule has 0 aromatic heterocycles. The van der Waals surface area contributed by atoms with Crippen molar-refractivity contribution in [2.45, 2.75) is 79.1 Å². The fourth-order valence-corrected chi connectivity index (χ4v) is 2.86. The van der Waals surface area contributed by atoms with Crippen LogP contribution in [0.15, 0.2) is 0 Å². The first-order valence-electron chi connectivity index (χ1n) is 9.09. The van der Waals surface area contributed by atoms with Gasteiger partial charge in [-0.3, -0.25) is 0 Å². The van der Waals surface area contributed by atoms with Crippen LogP contribution in [0.5, 0.6) is 0 Å². The van der Waals surface area contributed by atoms with E-state index in [1.165, 1.54) is 51.4 Å². The Bertz CT molecular complexity index is 238. The van der Waals surface area contributed by atoms with Gasteiger partial charge >= 0.3 is 6.03 Å². The van der Waals surface area contributed by atoms with Crippen LogP contribution in [-0.2, 0) is 0 Å². The lowest BCUT2D eigenvalue weighted by molar-refractivity contribution is 0.170. The number of nitrogens with zero attached hydrogens (tertiary/aromatic N) is 1. The summed E-state index contributed by atoms with van der Waals surface area (Å²) in [6.45, 7) is 10.8. The van der Waals surface area contributed by atoms with E-state index in [9.17, 15) is 4.79 Å². The predicted molar refractivity (Wildman–Crippen MR) is 92.6 cm³/mol. The molecule has 2 amide bonds. The molecule has 0 rings (SSSR count). The van der Waals surface area contributed by atoms with Crippen molar-refractivity contribution in [3.8, 4) is 0 Å². The van der Waals surface area contributed by atoms with Gasteiger partial charge in [0.25, 0.3) is 0 Å². The molecule has 0 aliphatic carbocycles. The van der Waals surface area contributed by atoms with Gasteiger partial charge in [0.15, 0.2) is 0 Å². The molecular formula is C18H38N2O. The summed E-state index contributed by atoms with van der Waals surface area (Å²) in [6, 6.07) is 0.0971. The lowest BCUT2D eigenvalue weighted by Crippen LogP contribution is -2.43. The molecule has 0 spiro atoms. The summed E-state index contributed by atoms with van der Waals surface area (Å²) in [5, 5.41) is 2.82. The molecule has 0 radical (unpaired) electrons. The lowest BCUT2D eigenvalue weighted by Gasteiger charge is -2.30. The summed E-state index contributed by atoms with van der Waals surface area (Å²) in [7, 11) is 1.75. The molecule has 0 aliphatic rings. The number of urea groups is 1. The van der Waals surface area contributed by atoms with Crippen molar-refractivity contribution in [2.24, 2.45) is 11.8 Å². The average Bonchev–Trinajstić information content (AvgIpc) is 2.52. The second-order valence-electron chi connectivity index (χ2n) is 6.29. The van der Waals surface area contributed by atoms with E-state index < -0.39 is 0 Å². The van der Waals surface area contributed by atoms with Crippen molar-refractivity contribution >= 4 is 6.03 Å². The van der Waals surface area contributed by atoms with E-state index in [4.69, 9.17) is 0 Å². The summed E-state index contributed by atoms with van der Waals surface area (Å²) in [5.74, 6) is 1.29. The highest BCUT2D eigenvalue weighted by atomic mass is 16.2. The topological polar surface area (TPSA) is 32.3 Å². The molecular weight excluding hydrogens is 260 g/mol. The molecule has 0 bridgehead atoms. The minimum atomic E-state index is 0.0971. The maximum absolute atomic E-state index is 12.2. The van der Waals surface area contributed by atoms with Crippen molar-refractivity contribution < 1.29 is 4.79 Å². The summed E-state index contributed by atoms with van der Waals surface area (Å²) in [6.07, 6.45) is 9.84. The lowest BCUT2D eigenvalue weighted by atomic mass is 9.96. The molecule has 0 aromatic carbocycles. The molecule has 3 heteroatoms. The average molecular weight is 299 g/mol. The van der Waals surface area contributed by atoms with Crippen LogP contribution < -0.4 is 5.32 Å². The van der Waals surface area contributed by atoms with Gasteiger partial charge in [-0.1, -0.05) is 66.2 Å². The number of rotatable bonds is 12. The van der Waals surface area contributed by atoms with Crippen LogP contribution in [0.25, 0.3) is 0 Å². The van der Waals surface area contributed by atoms with Gasteiger partial charge in [0.2, 0.25) is 0 Å². The largest absolute Gasteiger partial charge is 0.341 e. The molecule has 0 saturated carbocycles. The van der Waals surface area contributed by atoms with E-state index >= 15 is 0 Å². The summed E-state index contributed by atoms with van der Waals surface area (Å²) in [5.41, 5.74) is 0. The van der Waals surface area contributed by atoms with E-state index in [-0.39, 0.29) is 6.03 Å². The molecule has 3 nitrogen and oxygen atoms in total. The highest BCUT2D eigenvalue weighted by Crippen LogP contribution is 2.18. The minimum Gasteiger partial charge on any atom is -0.341 e. The second-order valence-corrected chi connectivity index (χ2v) is 6.29. The van der Waals surface area contributed by atoms with Gasteiger partial charge in [-0.25, -0.2) is 4.79 Å². The van der Waals surface area contributed by atoms with Crippen LogP contribution >= 0.6 is 0 Å². The Morgan fingerprint density at radius 1 is 0.905 bits per heavy atom. The first-order valence-corrected chi connectivity index (χ1v) is 9.09. The standard InChI is InChI=1S/C18H38N2O/c1-6-10-12-16(8-3)14-20(18(21)19-5)15-17(9-4)13-11-7-2/h16-17H,6-15H2,1-5H3,(H,19,21). The van der Waals surface area contributed by atoms with Gasteiger partial charge in [0, 0.05) is 20.1 Å². The van der Waals surface area contributed by atoms with Crippen LogP contribution in [0, 0.1) is 11.8 Å². The van der Waals surface area contributed by atoms with Crippen molar-refractivity contribution in [1.82, 2.24) is 10.2 Å². The second kappa shape index (κ2) is 13.0. The number of amides is 2. The summed E-state index contributed by atoms with van der Waals surface area (Å²) < 4.78 is 0. The number of hydrogen-bond donors (Lipinski definition) is 1. The highest BCUT2D eigenvalue weighted by Gasteiger charge is 2.20. The van der Waals surface area contributed by atoms with Gasteiger partial charge in [-0.05, 0) is 24.7 Å². The molecule has 1 N–H and O–H groups in total. The normalized spacial score (nSPS) is 13.8. The Kier molecular flexibility index (Phi) is 12.5. The van der Waals surface area contributed by atoms with Crippen LogP contribution in [0.1, 0.15) is 79.1 Å². The van der Waals surface area contributed by atoms with Crippen molar-refractivity contribution in [3.05, 3.63) is 0 Å². The zero-order valence-electron chi connectivity index (χ0n) is 15.1. The Morgan fingerprint density at radius 3 is 1.62 bits per heavy atom. The van der Waals surface area contributed by atoms with Gasteiger partial charge in [0.05, 0.1) is 0 Å². The maximum atomic E-state index is 12.2. The van der Waals surface area contributed by atoms with Gasteiger partial charge in [-0.2, -0.15) is 0 Å². The van der Waals surface area contributed by atoms with Crippen LogP contribution in [-0.4, -0.2) is 31.1 Å². The summed E-state index contributed by atoms with van der Waals surface area (Å²) in [4.78, 5) is 14.2. The zero-order chi connectivity index (χ0) is 16.1. The molecule has 2 atom stereocenters. The van der Waals surface area contributed by atoms with E-state index in [2.05, 4.69) is 37.9 Å². The number of carbonyl (C=O) groups is 1. The molecule has 126 valence electrons. The molecule has 21 heavy (non-hydrogen) atoms. The van der Waals surface area contributed by atoms with E-state index in [1.807, 2.05) is 0 Å². The van der Waals surface area contributed by atoms with Crippen LogP contribution in [0.2, 0.25) is 0 Å². The smallest absolute Gasteiger partial charge is 0.317 e. The van der Waals surface area contributed by atoms with Gasteiger partial charge in [0.1, 0.15) is 0 Å². The molecule has 0 fully saturated rings. The molecule has 2 unspecified atom stereocenters. The zero-order valence-corrected chi connectivity index (χ0v) is 15.1. The Hall–Kier alpha value is -0.730. The number of carbonyl (C=O) groups excluding carboxylic acids is 1. The summed E-state index contributed by atoms with van der Waals surface area (Å²) >= 11 is 0. The van der Waals surface area contributed by atoms with Crippen molar-refractivity contribution in [1.29, 1.82) is 0 Å². The van der Waals surface area contributed by atoms with Crippen LogP contribution in [0.4, 0.5) is 4.79 Å². The fraction of sp³-hybridized carbons (Fsp3) is 0.944. The first-order chi connectivity index (χ1) is 10.1. The predicted octanol–water partition coefficient (Wildman–Crippen LogP) is 5.06. The number of unbranched alkanes of at least 4 members (excludes halogenated alkanes) is 2. The molecule has 0 aliphatic heterocycles. The van der Waals surface area contributed by atoms with E-state index in [0.29, 0.717) is 11.8 Å². The maximum Gasteiger partial charge on any atom is 0.317 e. The SMILES string of the molecule is CCCCC(CC)CN(CC(CC)CCCC)C(=O)NC. The van der Waals surface area contributed by atoms with Crippen LogP contribution in [0.3, 0.4) is 0 Å². The monoisotopic (exact) mass is 298 g/mol. The third-order valence-corrected chi connectivity index (χ3v) is 4.54. The fourth-order valence-electron chi connectivity index (χ4n) is 2.86. The van der Waals surface area contributed by atoms with Gasteiger partial charge in [-0.15, -0.1) is 0 Å². The highest BCUT2D eigenvalue weighted by molar-refractivity contribution is 5.73. The third kappa shape index (κ3) is 9.00. The number of nitrogens with one attached hydrogen (secondary N) is 1. The van der Waals surface area contributed by atoms with Gasteiger partial charge < -0.3 is 10.2 Å². The van der Waals surface area contributed by atoms with Crippen molar-refractivity contribution in [2.75, 3.05) is 20.1 Å². The Labute approximate surface area is 132 Å². The number of hydrogen-bond acceptors (Lipinski definition) is 1. The molecule has 0 aromatic rings. The third-order valence-electron chi connectivity index (χ3n) is 4.54. The Balaban J connectivity index is 4.57. The molecule has 0 heterocycles. The first kappa shape index (κ1) is 20.3. The minimum absolute atomic E-state index is 0.0971. The Morgan fingerprint density at radius 2 is 1.33 bits per heavy atom. The van der Waals surface area contributed by atoms with E-state index in [0.717, 1.165) is 13.1 Å². The van der Waals surface area contributed by atoms with Crippen molar-refractivity contribution in [3.63, 3.8) is 0 Å². The quantitative estimate of drug-likeness (QED) is 0.536. The molecule has 0 saturated heterocycles. The van der Waals surface area contributed by atoms with E-state index in [1.54, 1.807) is 7.05 Å².